The summed E-state index contributed by atoms with van der Waals surface area (Å²) in [5, 5.41) is 10.7. The molecule has 0 aliphatic carbocycles. The lowest BCUT2D eigenvalue weighted by Gasteiger charge is -2.34. The van der Waals surface area contributed by atoms with Crippen molar-refractivity contribution in [1.82, 2.24) is 14.6 Å². The molecule has 1 aliphatic rings. The van der Waals surface area contributed by atoms with E-state index in [0.29, 0.717) is 16.6 Å². The van der Waals surface area contributed by atoms with Crippen LogP contribution in [0.25, 0.3) is 16.2 Å². The van der Waals surface area contributed by atoms with E-state index < -0.39 is 0 Å². The number of nitrogens with zero attached hydrogens (tertiary/aromatic N) is 4. The predicted octanol–water partition coefficient (Wildman–Crippen LogP) is 6.57. The fraction of sp³-hybridized carbons (Fsp3) is 0.583. The van der Waals surface area contributed by atoms with E-state index in [1.807, 2.05) is 16.6 Å². The van der Waals surface area contributed by atoms with Gasteiger partial charge in [-0.15, -0.1) is 5.10 Å². The summed E-state index contributed by atoms with van der Waals surface area (Å²) in [7, 11) is 0. The van der Waals surface area contributed by atoms with E-state index in [2.05, 4.69) is 51.8 Å². The van der Waals surface area contributed by atoms with Gasteiger partial charge in [-0.05, 0) is 50.1 Å². The molecule has 1 aliphatic heterocycles. The molecule has 0 bridgehead atoms. The second-order valence-corrected chi connectivity index (χ2v) is 13.1. The molecule has 3 N–H and O–H groups in total. The number of aromatic nitrogens is 3. The number of imidazole rings is 1. The molecule has 33 heavy (non-hydrogen) atoms. The van der Waals surface area contributed by atoms with E-state index in [9.17, 15) is 0 Å². The van der Waals surface area contributed by atoms with Crippen molar-refractivity contribution in [2.75, 3.05) is 29.9 Å². The minimum Gasteiger partial charge on any atom is -0.363 e. The summed E-state index contributed by atoms with van der Waals surface area (Å²) in [4.78, 5) is 8.12. The van der Waals surface area contributed by atoms with Gasteiger partial charge in [-0.2, -0.15) is 4.52 Å². The molecular weight excluding hydrogens is 475 g/mol. The van der Waals surface area contributed by atoms with E-state index in [4.69, 9.17) is 39.0 Å². The molecule has 1 fully saturated rings. The lowest BCUT2D eigenvalue weighted by molar-refractivity contribution is 0.302. The van der Waals surface area contributed by atoms with Crippen LogP contribution in [0.1, 0.15) is 54.4 Å². The molecule has 2 aromatic heterocycles. The van der Waals surface area contributed by atoms with Gasteiger partial charge in [-0.25, -0.2) is 4.98 Å². The second-order valence-electron chi connectivity index (χ2n) is 11.4. The van der Waals surface area contributed by atoms with Gasteiger partial charge in [-0.1, -0.05) is 74.4 Å². The van der Waals surface area contributed by atoms with Crippen LogP contribution in [0.15, 0.2) is 18.2 Å². The van der Waals surface area contributed by atoms with E-state index in [1.165, 1.54) is 0 Å². The Bertz CT molecular complexity index is 1160. The van der Waals surface area contributed by atoms with Crippen molar-refractivity contribution in [2.45, 2.75) is 59.9 Å². The first-order chi connectivity index (χ1) is 15.3. The van der Waals surface area contributed by atoms with E-state index in [0.717, 1.165) is 53.1 Å². The SMILES string of the molecule is CC(C)(C)CC(C)(C)Nc1c(-c2cccc(Cl)c2Cl)nc2sc(N3CCC(C)(CN)C3)nn12. The highest BCUT2D eigenvalue weighted by Crippen LogP contribution is 2.42. The van der Waals surface area contributed by atoms with Crippen molar-refractivity contribution in [3.8, 4) is 11.3 Å². The molecular formula is C24H34Cl2N6S. The number of nitrogens with one attached hydrogen (secondary N) is 1. The highest BCUT2D eigenvalue weighted by Gasteiger charge is 2.35. The molecule has 180 valence electrons. The van der Waals surface area contributed by atoms with Gasteiger partial charge < -0.3 is 16.0 Å². The molecule has 1 unspecified atom stereocenters. The number of fused-ring (bicyclic) bond motifs is 1. The molecule has 0 radical (unpaired) electrons. The number of rotatable bonds is 6. The van der Waals surface area contributed by atoms with Crippen molar-refractivity contribution in [2.24, 2.45) is 16.6 Å². The van der Waals surface area contributed by atoms with E-state index >= 15 is 0 Å². The van der Waals surface area contributed by atoms with Crippen molar-refractivity contribution in [3.63, 3.8) is 0 Å². The third kappa shape index (κ3) is 5.11. The normalized spacial score (nSPS) is 19.6. The van der Waals surface area contributed by atoms with Crippen LogP contribution in [0, 0.1) is 10.8 Å². The van der Waals surface area contributed by atoms with Gasteiger partial charge in [0.1, 0.15) is 5.69 Å². The van der Waals surface area contributed by atoms with Crippen molar-refractivity contribution < 1.29 is 0 Å². The molecule has 1 saturated heterocycles. The Kier molecular flexibility index (Phi) is 6.40. The van der Waals surface area contributed by atoms with Crippen LogP contribution in [0.2, 0.25) is 10.0 Å². The molecule has 1 atom stereocenters. The van der Waals surface area contributed by atoms with Crippen LogP contribution < -0.4 is 16.0 Å². The first-order valence-electron chi connectivity index (χ1n) is 11.4. The quantitative estimate of drug-likeness (QED) is 0.394. The van der Waals surface area contributed by atoms with Crippen LogP contribution in [-0.2, 0) is 0 Å². The fourth-order valence-corrected chi connectivity index (χ4v) is 6.21. The summed E-state index contributed by atoms with van der Waals surface area (Å²) in [5.74, 6) is 0.840. The molecule has 6 nitrogen and oxygen atoms in total. The number of hydrogen-bond donors (Lipinski definition) is 2. The lowest BCUT2D eigenvalue weighted by atomic mass is 9.82. The Morgan fingerprint density at radius 3 is 2.58 bits per heavy atom. The van der Waals surface area contributed by atoms with Gasteiger partial charge in [0.05, 0.1) is 10.0 Å². The van der Waals surface area contributed by atoms with E-state index in [1.54, 1.807) is 17.4 Å². The Balaban J connectivity index is 1.80. The minimum atomic E-state index is -0.191. The number of hydrogen-bond acceptors (Lipinski definition) is 6. The van der Waals surface area contributed by atoms with Gasteiger partial charge in [0, 0.05) is 24.2 Å². The van der Waals surface area contributed by atoms with Crippen molar-refractivity contribution in [1.29, 1.82) is 0 Å². The molecule has 3 aromatic rings. The zero-order valence-corrected chi connectivity index (χ0v) is 22.6. The molecule has 0 spiro atoms. The molecule has 3 heterocycles. The van der Waals surface area contributed by atoms with Gasteiger partial charge in [-0.3, -0.25) is 0 Å². The highest BCUT2D eigenvalue weighted by molar-refractivity contribution is 7.20. The molecule has 0 amide bonds. The zero-order chi connectivity index (χ0) is 24.2. The predicted molar refractivity (Wildman–Crippen MR) is 142 cm³/mol. The monoisotopic (exact) mass is 508 g/mol. The zero-order valence-electron chi connectivity index (χ0n) is 20.3. The number of anilines is 2. The topological polar surface area (TPSA) is 71.5 Å². The smallest absolute Gasteiger partial charge is 0.216 e. The Hall–Kier alpha value is -1.54. The maximum Gasteiger partial charge on any atom is 0.216 e. The van der Waals surface area contributed by atoms with Gasteiger partial charge in [0.15, 0.2) is 5.82 Å². The first-order valence-corrected chi connectivity index (χ1v) is 13.0. The number of nitrogens with two attached hydrogens (primary N) is 1. The Morgan fingerprint density at radius 2 is 1.94 bits per heavy atom. The van der Waals surface area contributed by atoms with Crippen LogP contribution in [0.5, 0.6) is 0 Å². The van der Waals surface area contributed by atoms with Crippen LogP contribution in [0.3, 0.4) is 0 Å². The average Bonchev–Trinajstić information content (AvgIpc) is 3.36. The number of halogens is 2. The summed E-state index contributed by atoms with van der Waals surface area (Å²) in [6.45, 7) is 16.0. The molecule has 0 saturated carbocycles. The van der Waals surface area contributed by atoms with Gasteiger partial charge >= 0.3 is 0 Å². The number of benzene rings is 1. The van der Waals surface area contributed by atoms with Crippen molar-refractivity contribution in [3.05, 3.63) is 28.2 Å². The second kappa shape index (κ2) is 8.59. The largest absolute Gasteiger partial charge is 0.363 e. The minimum absolute atomic E-state index is 0.128. The maximum atomic E-state index is 6.61. The van der Waals surface area contributed by atoms with Gasteiger partial charge in [0.25, 0.3) is 0 Å². The molecule has 9 heteroatoms. The first kappa shape index (κ1) is 24.6. The van der Waals surface area contributed by atoms with Crippen LogP contribution in [0.4, 0.5) is 10.9 Å². The molecule has 1 aromatic carbocycles. The standard InChI is InChI=1S/C24H34Cl2N6S/c1-22(2,3)12-23(4,5)29-19-18(15-8-7-9-16(25)17(15)26)28-20-32(19)30-21(33-20)31-11-10-24(6,13-27)14-31/h7-9,29H,10-14,27H2,1-6H3. The summed E-state index contributed by atoms with van der Waals surface area (Å²) in [6, 6.07) is 5.65. The lowest BCUT2D eigenvalue weighted by Crippen LogP contribution is -2.36. The highest BCUT2D eigenvalue weighted by atomic mass is 35.5. The van der Waals surface area contributed by atoms with Crippen LogP contribution in [-0.4, -0.2) is 39.8 Å². The third-order valence-corrected chi connectivity index (χ3v) is 7.94. The van der Waals surface area contributed by atoms with Gasteiger partial charge in [0.2, 0.25) is 10.1 Å². The maximum absolute atomic E-state index is 6.61. The van der Waals surface area contributed by atoms with Crippen molar-refractivity contribution >= 4 is 50.4 Å². The third-order valence-electron chi connectivity index (χ3n) is 6.15. The molecule has 4 rings (SSSR count). The van der Waals surface area contributed by atoms with Crippen LogP contribution >= 0.6 is 34.5 Å². The average molecular weight is 510 g/mol. The summed E-state index contributed by atoms with van der Waals surface area (Å²) in [5.41, 5.74) is 7.68. The fourth-order valence-electron chi connectivity index (χ4n) is 4.90. The summed E-state index contributed by atoms with van der Waals surface area (Å²) in [6.07, 6.45) is 2.03. The summed E-state index contributed by atoms with van der Waals surface area (Å²) >= 11 is 14.5. The Morgan fingerprint density at radius 1 is 1.21 bits per heavy atom. The Labute approximate surface area is 210 Å². The summed E-state index contributed by atoms with van der Waals surface area (Å²) < 4.78 is 1.93. The van der Waals surface area contributed by atoms with E-state index in [-0.39, 0.29) is 16.4 Å².